The number of hydrogen-bond acceptors (Lipinski definition) is 5. The Labute approximate surface area is 146 Å². The average molecular weight is 340 g/mol. The number of likely N-dealkylation sites (N-methyl/N-ethyl adjacent to an activating group) is 1. The van der Waals surface area contributed by atoms with Gasteiger partial charge < -0.3 is 19.6 Å². The van der Waals surface area contributed by atoms with E-state index in [1.807, 2.05) is 18.2 Å². The lowest BCUT2D eigenvalue weighted by Crippen LogP contribution is -2.28. The van der Waals surface area contributed by atoms with Crippen molar-refractivity contribution in [3.63, 3.8) is 0 Å². The molecular formula is C19H20N2O4. The van der Waals surface area contributed by atoms with Crippen molar-refractivity contribution < 1.29 is 19.1 Å². The van der Waals surface area contributed by atoms with Crippen molar-refractivity contribution in [1.29, 1.82) is 0 Å². The fourth-order valence-corrected chi connectivity index (χ4v) is 2.08. The van der Waals surface area contributed by atoms with E-state index < -0.39 is 0 Å². The molecule has 0 saturated carbocycles. The lowest BCUT2D eigenvalue weighted by atomic mass is 10.1. The summed E-state index contributed by atoms with van der Waals surface area (Å²) >= 11 is 0. The van der Waals surface area contributed by atoms with Gasteiger partial charge in [0.2, 0.25) is 0 Å². The van der Waals surface area contributed by atoms with Crippen LogP contribution < -0.4 is 14.8 Å². The smallest absolute Gasteiger partial charge is 0.273 e. The third-order valence-electron chi connectivity index (χ3n) is 3.17. The molecular weight excluding hydrogens is 320 g/mol. The number of para-hydroxylation sites is 1. The molecule has 0 heterocycles. The highest BCUT2D eigenvalue weighted by molar-refractivity contribution is 6.45. The van der Waals surface area contributed by atoms with E-state index in [0.717, 1.165) is 0 Å². The van der Waals surface area contributed by atoms with Crippen LogP contribution in [0.4, 0.5) is 0 Å². The molecule has 0 aromatic heterocycles. The van der Waals surface area contributed by atoms with E-state index in [1.54, 1.807) is 36.4 Å². The quantitative estimate of drug-likeness (QED) is 0.455. The number of amides is 1. The molecule has 0 atom stereocenters. The van der Waals surface area contributed by atoms with Crippen molar-refractivity contribution in [3.8, 4) is 17.2 Å². The molecule has 0 spiro atoms. The van der Waals surface area contributed by atoms with Crippen LogP contribution in [0.25, 0.3) is 0 Å². The van der Waals surface area contributed by atoms with Crippen molar-refractivity contribution in [3.05, 3.63) is 66.7 Å². The zero-order valence-electron chi connectivity index (χ0n) is 14.2. The third kappa shape index (κ3) is 4.84. The normalized spacial score (nSPS) is 10.7. The molecule has 0 saturated heterocycles. The van der Waals surface area contributed by atoms with Crippen molar-refractivity contribution in [2.24, 2.45) is 5.16 Å². The van der Waals surface area contributed by atoms with Crippen molar-refractivity contribution in [2.75, 3.05) is 20.8 Å². The summed E-state index contributed by atoms with van der Waals surface area (Å²) in [6, 6.07) is 14.3. The van der Waals surface area contributed by atoms with Crippen LogP contribution in [0.1, 0.15) is 5.56 Å². The predicted octanol–water partition coefficient (Wildman–Crippen LogP) is 3.14. The second-order valence-corrected chi connectivity index (χ2v) is 4.87. The lowest BCUT2D eigenvalue weighted by molar-refractivity contribution is -0.114. The van der Waals surface area contributed by atoms with Gasteiger partial charge in [0.15, 0.2) is 5.71 Å². The van der Waals surface area contributed by atoms with Crippen LogP contribution in [-0.4, -0.2) is 32.4 Å². The second-order valence-electron chi connectivity index (χ2n) is 4.87. The zero-order valence-corrected chi connectivity index (χ0v) is 14.2. The van der Waals surface area contributed by atoms with Crippen LogP contribution in [-0.2, 0) is 9.63 Å². The summed E-state index contributed by atoms with van der Waals surface area (Å²) in [5.74, 6) is 1.33. The fraction of sp³-hybridized carbons (Fsp3) is 0.158. The van der Waals surface area contributed by atoms with E-state index in [0.29, 0.717) is 29.4 Å². The maximum atomic E-state index is 12.1. The molecule has 6 nitrogen and oxygen atoms in total. The van der Waals surface area contributed by atoms with Gasteiger partial charge in [-0.2, -0.15) is 0 Å². The first-order valence-electron chi connectivity index (χ1n) is 7.63. The Kier molecular flexibility index (Phi) is 6.59. The van der Waals surface area contributed by atoms with Crippen molar-refractivity contribution in [2.45, 2.75) is 0 Å². The maximum Gasteiger partial charge on any atom is 0.273 e. The van der Waals surface area contributed by atoms with Crippen LogP contribution >= 0.6 is 0 Å². The summed E-state index contributed by atoms with van der Waals surface area (Å²) < 4.78 is 11.4. The average Bonchev–Trinajstić information content (AvgIpc) is 2.65. The summed E-state index contributed by atoms with van der Waals surface area (Å²) in [5.41, 5.74) is 0.640. The number of hydrogen-bond donors (Lipinski definition) is 1. The van der Waals surface area contributed by atoms with E-state index in [9.17, 15) is 4.79 Å². The van der Waals surface area contributed by atoms with Gasteiger partial charge in [0.1, 0.15) is 31.0 Å². The molecule has 2 aromatic carbocycles. The number of benzene rings is 2. The molecule has 1 amide bonds. The highest BCUT2D eigenvalue weighted by Gasteiger charge is 2.18. The highest BCUT2D eigenvalue weighted by Crippen LogP contribution is 2.28. The van der Waals surface area contributed by atoms with Crippen LogP contribution in [0.5, 0.6) is 17.2 Å². The maximum absolute atomic E-state index is 12.1. The first-order chi connectivity index (χ1) is 12.2. The molecule has 6 heteroatoms. The van der Waals surface area contributed by atoms with Crippen LogP contribution in [0.15, 0.2) is 66.3 Å². The Bertz CT molecular complexity index is 772. The Morgan fingerprint density at radius 3 is 2.68 bits per heavy atom. The van der Waals surface area contributed by atoms with E-state index in [4.69, 9.17) is 14.3 Å². The largest absolute Gasteiger partial charge is 0.489 e. The van der Waals surface area contributed by atoms with Crippen LogP contribution in [0.3, 0.4) is 0 Å². The number of oxime groups is 1. The van der Waals surface area contributed by atoms with E-state index in [-0.39, 0.29) is 11.6 Å². The Balaban J connectivity index is 2.33. The molecule has 0 unspecified atom stereocenters. The van der Waals surface area contributed by atoms with Crippen LogP contribution in [0, 0.1) is 0 Å². The third-order valence-corrected chi connectivity index (χ3v) is 3.17. The van der Waals surface area contributed by atoms with Crippen molar-refractivity contribution >= 4 is 11.6 Å². The van der Waals surface area contributed by atoms with Gasteiger partial charge in [-0.3, -0.25) is 4.79 Å². The van der Waals surface area contributed by atoms with Gasteiger partial charge in [-0.15, -0.1) is 0 Å². The SMILES string of the molecule is C=CCOc1cccc(Oc2ccccc2C(=NOC)C(=O)NC)c1. The van der Waals surface area contributed by atoms with Gasteiger partial charge in [0.05, 0.1) is 5.56 Å². The lowest BCUT2D eigenvalue weighted by Gasteiger charge is -2.13. The monoisotopic (exact) mass is 340 g/mol. The topological polar surface area (TPSA) is 69.1 Å². The molecule has 25 heavy (non-hydrogen) atoms. The van der Waals surface area contributed by atoms with Gasteiger partial charge in [-0.1, -0.05) is 36.0 Å². The summed E-state index contributed by atoms with van der Waals surface area (Å²) in [7, 11) is 2.91. The van der Waals surface area contributed by atoms with E-state index >= 15 is 0 Å². The van der Waals surface area contributed by atoms with Crippen molar-refractivity contribution in [1.82, 2.24) is 5.32 Å². The number of rotatable bonds is 8. The Hall–Kier alpha value is -3.28. The standard InChI is InChI=1S/C19H20N2O4/c1-4-12-24-14-8-7-9-15(13-14)25-17-11-6-5-10-16(17)18(21-23-3)19(22)20-2/h4-11,13H,1,12H2,2-3H3,(H,20,22). The molecule has 2 aromatic rings. The minimum Gasteiger partial charge on any atom is -0.489 e. The molecule has 0 radical (unpaired) electrons. The van der Waals surface area contributed by atoms with Crippen LogP contribution in [0.2, 0.25) is 0 Å². The first kappa shape index (κ1) is 18.1. The van der Waals surface area contributed by atoms with Gasteiger partial charge in [-0.05, 0) is 24.3 Å². The molecule has 2 rings (SSSR count). The Morgan fingerprint density at radius 1 is 1.20 bits per heavy atom. The molecule has 0 aliphatic carbocycles. The second kappa shape index (κ2) is 9.12. The van der Waals surface area contributed by atoms with Gasteiger partial charge in [0.25, 0.3) is 5.91 Å². The number of ether oxygens (including phenoxy) is 2. The summed E-state index contributed by atoms with van der Waals surface area (Å²) in [6.45, 7) is 4.02. The minimum absolute atomic E-state index is 0.125. The minimum atomic E-state index is -0.374. The number of carbonyl (C=O) groups excluding carboxylic acids is 1. The first-order valence-corrected chi connectivity index (χ1v) is 7.63. The molecule has 0 aliphatic heterocycles. The molecule has 0 aliphatic rings. The molecule has 1 N–H and O–H groups in total. The van der Waals surface area contributed by atoms with E-state index in [1.165, 1.54) is 14.2 Å². The van der Waals surface area contributed by atoms with E-state index in [2.05, 4.69) is 17.1 Å². The zero-order chi connectivity index (χ0) is 18.1. The fourth-order valence-electron chi connectivity index (χ4n) is 2.08. The highest BCUT2D eigenvalue weighted by atomic mass is 16.6. The number of nitrogens with zero attached hydrogens (tertiary/aromatic N) is 1. The Morgan fingerprint density at radius 2 is 1.96 bits per heavy atom. The van der Waals surface area contributed by atoms with Gasteiger partial charge in [-0.25, -0.2) is 0 Å². The number of carbonyl (C=O) groups is 1. The summed E-state index contributed by atoms with van der Waals surface area (Å²) in [4.78, 5) is 16.9. The molecule has 0 bridgehead atoms. The number of nitrogens with one attached hydrogen (secondary N) is 1. The predicted molar refractivity (Wildman–Crippen MR) is 96.3 cm³/mol. The molecule has 130 valence electrons. The molecule has 0 fully saturated rings. The summed E-state index contributed by atoms with van der Waals surface area (Å²) in [6.07, 6.45) is 1.67. The van der Waals surface area contributed by atoms with Gasteiger partial charge >= 0.3 is 0 Å². The van der Waals surface area contributed by atoms with Gasteiger partial charge in [0, 0.05) is 13.1 Å². The summed E-state index contributed by atoms with van der Waals surface area (Å²) in [5, 5.41) is 6.35.